The molecule has 0 spiro atoms. The molecule has 0 fully saturated rings. The van der Waals surface area contributed by atoms with Crippen molar-refractivity contribution in [1.29, 1.82) is 0 Å². The fraction of sp³-hybridized carbons (Fsp3) is 0.125. The van der Waals surface area contributed by atoms with E-state index >= 15 is 0 Å². The van der Waals surface area contributed by atoms with Crippen LogP contribution in [0.5, 0.6) is 5.75 Å². The molecule has 0 amide bonds. The molecule has 0 radical (unpaired) electrons. The molecular weight excluding hydrogens is 288 g/mol. The van der Waals surface area contributed by atoms with Crippen LogP contribution in [-0.2, 0) is 6.61 Å². The number of benzene rings is 2. The van der Waals surface area contributed by atoms with Crippen LogP contribution in [0.25, 0.3) is 5.57 Å². The minimum Gasteiger partial charge on any atom is -0.488 e. The molecule has 2 heteroatoms. The van der Waals surface area contributed by atoms with Crippen LogP contribution in [0.3, 0.4) is 0 Å². The summed E-state index contributed by atoms with van der Waals surface area (Å²) in [7, 11) is 0. The van der Waals surface area contributed by atoms with Crippen LogP contribution in [0.15, 0.2) is 54.6 Å². The number of para-hydroxylation sites is 1. The Kier molecular flexibility index (Phi) is 3.20. The van der Waals surface area contributed by atoms with Gasteiger partial charge in [0.05, 0.1) is 0 Å². The van der Waals surface area contributed by atoms with Gasteiger partial charge in [0, 0.05) is 10.9 Å². The maximum atomic E-state index is 5.90. The predicted molar refractivity (Wildman–Crippen MR) is 78.1 cm³/mol. The third-order valence-corrected chi connectivity index (χ3v) is 3.47. The van der Waals surface area contributed by atoms with E-state index in [4.69, 9.17) is 4.74 Å². The quantitative estimate of drug-likeness (QED) is 0.709. The van der Waals surface area contributed by atoms with Crippen molar-refractivity contribution >= 4 is 21.5 Å². The summed E-state index contributed by atoms with van der Waals surface area (Å²) >= 11 is 3.50. The number of alkyl halides is 1. The van der Waals surface area contributed by atoms with E-state index in [0.29, 0.717) is 6.61 Å². The Labute approximate surface area is 115 Å². The summed E-state index contributed by atoms with van der Waals surface area (Å²) in [6.07, 6.45) is 2.20. The zero-order valence-electron chi connectivity index (χ0n) is 9.90. The second-order valence-corrected chi connectivity index (χ2v) is 4.86. The molecule has 0 aliphatic carbocycles. The molecule has 1 heterocycles. The molecule has 0 aromatic heterocycles. The van der Waals surface area contributed by atoms with Gasteiger partial charge in [-0.15, -0.1) is 0 Å². The maximum absolute atomic E-state index is 5.90. The molecule has 0 bridgehead atoms. The first-order valence-corrected chi connectivity index (χ1v) is 7.09. The Morgan fingerprint density at radius 3 is 2.56 bits per heavy atom. The number of hydrogen-bond donors (Lipinski definition) is 0. The van der Waals surface area contributed by atoms with E-state index in [2.05, 4.69) is 58.4 Å². The molecule has 1 aliphatic rings. The first kappa shape index (κ1) is 11.5. The van der Waals surface area contributed by atoms with Gasteiger partial charge in [-0.05, 0) is 22.8 Å². The summed E-state index contributed by atoms with van der Waals surface area (Å²) in [6, 6.07) is 16.6. The topological polar surface area (TPSA) is 9.23 Å². The second-order valence-electron chi connectivity index (χ2n) is 4.21. The van der Waals surface area contributed by atoms with Crippen molar-refractivity contribution in [1.82, 2.24) is 0 Å². The lowest BCUT2D eigenvalue weighted by Gasteiger charge is -2.09. The third-order valence-electron chi connectivity index (χ3n) is 3.15. The molecule has 0 N–H and O–H groups in total. The van der Waals surface area contributed by atoms with Crippen LogP contribution in [0.1, 0.15) is 16.7 Å². The van der Waals surface area contributed by atoms with Gasteiger partial charge in [-0.2, -0.15) is 0 Å². The zero-order valence-corrected chi connectivity index (χ0v) is 11.5. The number of allylic oxidation sites excluding steroid dienone is 1. The highest BCUT2D eigenvalue weighted by atomic mass is 79.9. The number of fused-ring (bicyclic) bond motifs is 2. The Bertz CT molecular complexity index is 552. The third kappa shape index (κ3) is 1.97. The Hall–Kier alpha value is -1.54. The smallest absolute Gasteiger partial charge is 0.127 e. The Balaban J connectivity index is 2.25. The molecule has 1 aliphatic heterocycles. The van der Waals surface area contributed by atoms with Gasteiger partial charge in [-0.1, -0.05) is 64.5 Å². The summed E-state index contributed by atoms with van der Waals surface area (Å²) in [6.45, 7) is 0.632. The van der Waals surface area contributed by atoms with Crippen molar-refractivity contribution in [3.05, 3.63) is 71.3 Å². The highest BCUT2D eigenvalue weighted by Crippen LogP contribution is 2.36. The molecular formula is C16H13BrO. The van der Waals surface area contributed by atoms with Gasteiger partial charge in [-0.3, -0.25) is 0 Å². The monoisotopic (exact) mass is 300 g/mol. The lowest BCUT2D eigenvalue weighted by Crippen LogP contribution is -1.94. The normalized spacial score (nSPS) is 15.5. The number of rotatable bonds is 1. The van der Waals surface area contributed by atoms with Crippen LogP contribution in [0, 0.1) is 0 Å². The Morgan fingerprint density at radius 2 is 1.72 bits per heavy atom. The molecule has 3 rings (SSSR count). The zero-order chi connectivity index (χ0) is 12.4. The largest absolute Gasteiger partial charge is 0.488 e. The van der Waals surface area contributed by atoms with Crippen molar-refractivity contribution in [3.8, 4) is 5.75 Å². The lowest BCUT2D eigenvalue weighted by atomic mass is 9.94. The van der Waals surface area contributed by atoms with Gasteiger partial charge in [0.25, 0.3) is 0 Å². The molecule has 0 unspecified atom stereocenters. The van der Waals surface area contributed by atoms with Crippen LogP contribution < -0.4 is 4.74 Å². The van der Waals surface area contributed by atoms with Gasteiger partial charge >= 0.3 is 0 Å². The van der Waals surface area contributed by atoms with Crippen molar-refractivity contribution in [3.63, 3.8) is 0 Å². The van der Waals surface area contributed by atoms with E-state index in [-0.39, 0.29) is 0 Å². The van der Waals surface area contributed by atoms with Crippen LogP contribution in [0.2, 0.25) is 0 Å². The minimum absolute atomic E-state index is 0.632. The van der Waals surface area contributed by atoms with Gasteiger partial charge in [0.2, 0.25) is 0 Å². The molecule has 0 saturated carbocycles. The first-order valence-electron chi connectivity index (χ1n) is 5.97. The molecule has 2 aromatic carbocycles. The summed E-state index contributed by atoms with van der Waals surface area (Å²) < 4.78 is 5.90. The van der Waals surface area contributed by atoms with E-state index in [9.17, 15) is 0 Å². The summed E-state index contributed by atoms with van der Waals surface area (Å²) in [5.74, 6) is 0.959. The lowest BCUT2D eigenvalue weighted by molar-refractivity contribution is 0.307. The fourth-order valence-corrected chi connectivity index (χ4v) is 2.65. The molecule has 18 heavy (non-hydrogen) atoms. The van der Waals surface area contributed by atoms with Gasteiger partial charge in [-0.25, -0.2) is 0 Å². The molecule has 90 valence electrons. The van der Waals surface area contributed by atoms with Crippen LogP contribution in [-0.4, -0.2) is 5.33 Å². The number of halogens is 1. The first-order chi connectivity index (χ1) is 8.90. The van der Waals surface area contributed by atoms with Crippen molar-refractivity contribution in [2.24, 2.45) is 0 Å². The van der Waals surface area contributed by atoms with E-state index in [1.54, 1.807) is 0 Å². The van der Waals surface area contributed by atoms with E-state index in [0.717, 1.165) is 11.1 Å². The predicted octanol–water partition coefficient (Wildman–Crippen LogP) is 4.41. The average molecular weight is 301 g/mol. The van der Waals surface area contributed by atoms with Crippen molar-refractivity contribution in [2.75, 3.05) is 5.33 Å². The van der Waals surface area contributed by atoms with Crippen molar-refractivity contribution in [2.45, 2.75) is 6.61 Å². The average Bonchev–Trinajstić information content (AvgIpc) is 2.58. The number of hydrogen-bond acceptors (Lipinski definition) is 1. The minimum atomic E-state index is 0.632. The summed E-state index contributed by atoms with van der Waals surface area (Å²) in [5.41, 5.74) is 4.92. The second kappa shape index (κ2) is 4.99. The molecule has 2 aromatic rings. The van der Waals surface area contributed by atoms with E-state index in [1.807, 2.05) is 12.1 Å². The van der Waals surface area contributed by atoms with Crippen molar-refractivity contribution < 1.29 is 4.74 Å². The summed E-state index contributed by atoms with van der Waals surface area (Å²) in [5, 5.41) is 0.838. The van der Waals surface area contributed by atoms with Gasteiger partial charge in [0.1, 0.15) is 12.4 Å². The van der Waals surface area contributed by atoms with Crippen LogP contribution >= 0.6 is 15.9 Å². The fourth-order valence-electron chi connectivity index (χ4n) is 2.32. The SMILES string of the molecule is BrC/C=C1/c2ccccc2COc2ccccc21. The molecule has 1 nitrogen and oxygen atoms in total. The van der Waals surface area contributed by atoms with E-state index in [1.165, 1.54) is 22.3 Å². The number of ether oxygens (including phenoxy) is 1. The Morgan fingerprint density at radius 1 is 1.00 bits per heavy atom. The van der Waals surface area contributed by atoms with Crippen LogP contribution in [0.4, 0.5) is 0 Å². The highest BCUT2D eigenvalue weighted by molar-refractivity contribution is 9.09. The van der Waals surface area contributed by atoms with E-state index < -0.39 is 0 Å². The molecule has 0 atom stereocenters. The van der Waals surface area contributed by atoms with Gasteiger partial charge < -0.3 is 4.74 Å². The summed E-state index contributed by atoms with van der Waals surface area (Å²) in [4.78, 5) is 0. The highest BCUT2D eigenvalue weighted by Gasteiger charge is 2.17. The van der Waals surface area contributed by atoms with Gasteiger partial charge in [0.15, 0.2) is 0 Å². The maximum Gasteiger partial charge on any atom is 0.127 e. The standard InChI is InChI=1S/C16H13BrO/c17-10-9-14-13-6-2-1-5-12(13)11-18-16-8-4-3-7-15(14)16/h1-9H,10-11H2/b14-9-. The molecule has 0 saturated heterocycles.